The average Bonchev–Trinajstić information content (AvgIpc) is 2.78. The fourth-order valence-corrected chi connectivity index (χ4v) is 1.76. The number of hydrogen-bond donors (Lipinski definition) is 0. The summed E-state index contributed by atoms with van der Waals surface area (Å²) < 4.78 is 20.8. The van der Waals surface area contributed by atoms with Gasteiger partial charge in [0.05, 0.1) is 5.56 Å². The summed E-state index contributed by atoms with van der Waals surface area (Å²) in [5.41, 5.74) is 0.450. The molecule has 1 heterocycles. The van der Waals surface area contributed by atoms with Gasteiger partial charge in [-0.05, 0) is 19.1 Å². The molecule has 2 unspecified atom stereocenters. The summed E-state index contributed by atoms with van der Waals surface area (Å²) in [6, 6.07) is 8.62. The lowest BCUT2D eigenvalue weighted by Crippen LogP contribution is -2.34. The lowest BCUT2D eigenvalue weighted by atomic mass is 10.2. The van der Waals surface area contributed by atoms with Crippen LogP contribution in [0.1, 0.15) is 24.2 Å². The minimum Gasteiger partial charge on any atom is -0.456 e. The van der Waals surface area contributed by atoms with Gasteiger partial charge in [0.25, 0.3) is 0 Å². The molecule has 1 aromatic carbocycles. The molecule has 0 spiro atoms. The molecule has 1 aliphatic rings. The lowest BCUT2D eigenvalue weighted by Gasteiger charge is -2.22. The Kier molecular flexibility index (Phi) is 4.36. The fourth-order valence-electron chi connectivity index (χ4n) is 1.76. The van der Waals surface area contributed by atoms with Crippen LogP contribution >= 0.6 is 0 Å². The Morgan fingerprint density at radius 1 is 1.35 bits per heavy atom. The first-order valence-electron chi connectivity index (χ1n) is 6.20. The summed E-state index contributed by atoms with van der Waals surface area (Å²) in [7, 11) is 0. The summed E-state index contributed by atoms with van der Waals surface area (Å²) in [5.74, 6) is -2.02. The van der Waals surface area contributed by atoms with E-state index in [2.05, 4.69) is 0 Å². The number of ether oxygens (including phenoxy) is 4. The highest BCUT2D eigenvalue weighted by Gasteiger charge is 2.40. The van der Waals surface area contributed by atoms with Gasteiger partial charge < -0.3 is 18.9 Å². The van der Waals surface area contributed by atoms with Crippen molar-refractivity contribution in [3.8, 4) is 0 Å². The molecule has 1 aromatic rings. The minimum absolute atomic E-state index is 0.0848. The standard InChI is InChI=1S/C14H16O6/c1-10(15)19-12-8-18-14(2,20-12)9-17-13(16)11-6-4-3-5-7-11/h3-7,12H,8-9H2,1-2H3. The summed E-state index contributed by atoms with van der Waals surface area (Å²) in [5, 5.41) is 0. The predicted octanol–water partition coefficient (Wildman–Crippen LogP) is 1.50. The van der Waals surface area contributed by atoms with Crippen LogP contribution < -0.4 is 0 Å². The summed E-state index contributed by atoms with van der Waals surface area (Å²) >= 11 is 0. The first-order chi connectivity index (χ1) is 9.48. The maximum atomic E-state index is 11.8. The van der Waals surface area contributed by atoms with Crippen LogP contribution in [0, 0.1) is 0 Å². The van der Waals surface area contributed by atoms with E-state index in [-0.39, 0.29) is 13.2 Å². The molecule has 6 nitrogen and oxygen atoms in total. The zero-order valence-electron chi connectivity index (χ0n) is 11.3. The molecular formula is C14H16O6. The van der Waals surface area contributed by atoms with Crippen LogP contribution in [0.15, 0.2) is 30.3 Å². The van der Waals surface area contributed by atoms with Crippen molar-refractivity contribution in [3.05, 3.63) is 35.9 Å². The van der Waals surface area contributed by atoms with Crippen LogP contribution in [-0.2, 0) is 23.7 Å². The third kappa shape index (κ3) is 3.79. The highest BCUT2D eigenvalue weighted by molar-refractivity contribution is 5.89. The van der Waals surface area contributed by atoms with Crippen molar-refractivity contribution in [1.82, 2.24) is 0 Å². The molecule has 1 aliphatic heterocycles. The molecule has 0 aromatic heterocycles. The average molecular weight is 280 g/mol. The zero-order valence-corrected chi connectivity index (χ0v) is 11.3. The van der Waals surface area contributed by atoms with Crippen molar-refractivity contribution in [3.63, 3.8) is 0 Å². The second kappa shape index (κ2) is 6.02. The SMILES string of the molecule is CC(=O)OC1COC(C)(COC(=O)c2ccccc2)O1. The molecule has 0 aliphatic carbocycles. The van der Waals surface area contributed by atoms with Gasteiger partial charge in [-0.25, -0.2) is 4.79 Å². The molecule has 2 rings (SSSR count). The Labute approximate surface area is 116 Å². The Morgan fingerprint density at radius 2 is 2.05 bits per heavy atom. The van der Waals surface area contributed by atoms with Gasteiger partial charge >= 0.3 is 11.9 Å². The van der Waals surface area contributed by atoms with Gasteiger partial charge in [-0.3, -0.25) is 4.79 Å². The molecule has 6 heteroatoms. The van der Waals surface area contributed by atoms with Crippen molar-refractivity contribution in [2.24, 2.45) is 0 Å². The van der Waals surface area contributed by atoms with E-state index in [1.165, 1.54) is 6.92 Å². The summed E-state index contributed by atoms with van der Waals surface area (Å²) in [4.78, 5) is 22.6. The van der Waals surface area contributed by atoms with Gasteiger partial charge in [0.2, 0.25) is 12.1 Å². The quantitative estimate of drug-likeness (QED) is 0.778. The molecule has 0 bridgehead atoms. The first-order valence-corrected chi connectivity index (χ1v) is 6.20. The van der Waals surface area contributed by atoms with E-state index in [1.807, 2.05) is 6.07 Å². The van der Waals surface area contributed by atoms with E-state index >= 15 is 0 Å². The van der Waals surface area contributed by atoms with Crippen molar-refractivity contribution >= 4 is 11.9 Å². The Morgan fingerprint density at radius 3 is 2.70 bits per heavy atom. The molecule has 0 N–H and O–H groups in total. The Hall–Kier alpha value is -1.92. The second-order valence-electron chi connectivity index (χ2n) is 4.54. The second-order valence-corrected chi connectivity index (χ2v) is 4.54. The molecule has 20 heavy (non-hydrogen) atoms. The lowest BCUT2D eigenvalue weighted by molar-refractivity contribution is -0.216. The molecule has 1 saturated heterocycles. The number of carbonyl (C=O) groups excluding carboxylic acids is 2. The van der Waals surface area contributed by atoms with Crippen LogP contribution in [0.5, 0.6) is 0 Å². The number of hydrogen-bond acceptors (Lipinski definition) is 6. The third-order valence-corrected chi connectivity index (χ3v) is 2.68. The van der Waals surface area contributed by atoms with E-state index in [0.717, 1.165) is 0 Å². The minimum atomic E-state index is -1.11. The van der Waals surface area contributed by atoms with Crippen molar-refractivity contribution in [2.75, 3.05) is 13.2 Å². The fraction of sp³-hybridized carbons (Fsp3) is 0.429. The van der Waals surface area contributed by atoms with Crippen molar-refractivity contribution in [1.29, 1.82) is 0 Å². The van der Waals surface area contributed by atoms with E-state index in [1.54, 1.807) is 31.2 Å². The molecule has 1 fully saturated rings. The van der Waals surface area contributed by atoms with Crippen molar-refractivity contribution < 1.29 is 28.5 Å². The highest BCUT2D eigenvalue weighted by atomic mass is 16.8. The van der Waals surface area contributed by atoms with E-state index in [4.69, 9.17) is 18.9 Å². The highest BCUT2D eigenvalue weighted by Crippen LogP contribution is 2.24. The molecular weight excluding hydrogens is 264 g/mol. The van der Waals surface area contributed by atoms with Crippen LogP contribution in [0.25, 0.3) is 0 Å². The number of benzene rings is 1. The molecule has 2 atom stereocenters. The number of rotatable bonds is 4. The van der Waals surface area contributed by atoms with Gasteiger partial charge in [-0.2, -0.15) is 0 Å². The van der Waals surface area contributed by atoms with Gasteiger partial charge in [-0.15, -0.1) is 0 Å². The van der Waals surface area contributed by atoms with E-state index in [9.17, 15) is 9.59 Å². The van der Waals surface area contributed by atoms with Gasteiger partial charge in [0.15, 0.2) is 0 Å². The Bertz CT molecular complexity index is 486. The topological polar surface area (TPSA) is 71.1 Å². The maximum Gasteiger partial charge on any atom is 0.338 e. The summed E-state index contributed by atoms with van der Waals surface area (Å²) in [6.07, 6.45) is -0.770. The monoisotopic (exact) mass is 280 g/mol. The first kappa shape index (κ1) is 14.5. The zero-order chi connectivity index (χ0) is 14.6. The molecule has 0 radical (unpaired) electrons. The molecule has 0 saturated carbocycles. The van der Waals surface area contributed by atoms with Crippen LogP contribution in [0.4, 0.5) is 0 Å². The molecule has 0 amide bonds. The van der Waals surface area contributed by atoms with Gasteiger partial charge in [0, 0.05) is 6.92 Å². The number of carbonyl (C=O) groups is 2. The largest absolute Gasteiger partial charge is 0.456 e. The van der Waals surface area contributed by atoms with Crippen LogP contribution in [-0.4, -0.2) is 37.2 Å². The van der Waals surface area contributed by atoms with E-state index < -0.39 is 24.0 Å². The Balaban J connectivity index is 1.85. The summed E-state index contributed by atoms with van der Waals surface area (Å²) in [6.45, 7) is 2.93. The van der Waals surface area contributed by atoms with Crippen molar-refractivity contribution in [2.45, 2.75) is 25.9 Å². The normalized spacial score (nSPS) is 25.2. The van der Waals surface area contributed by atoms with Crippen LogP contribution in [0.3, 0.4) is 0 Å². The molecule has 108 valence electrons. The third-order valence-electron chi connectivity index (χ3n) is 2.68. The van der Waals surface area contributed by atoms with Crippen LogP contribution in [0.2, 0.25) is 0 Å². The number of esters is 2. The van der Waals surface area contributed by atoms with Gasteiger partial charge in [0.1, 0.15) is 13.2 Å². The predicted molar refractivity (Wildman–Crippen MR) is 67.7 cm³/mol. The smallest absolute Gasteiger partial charge is 0.338 e. The van der Waals surface area contributed by atoms with E-state index in [0.29, 0.717) is 5.56 Å². The maximum absolute atomic E-state index is 11.8. The van der Waals surface area contributed by atoms with Gasteiger partial charge in [-0.1, -0.05) is 18.2 Å².